The summed E-state index contributed by atoms with van der Waals surface area (Å²) in [6, 6.07) is 4.80. The summed E-state index contributed by atoms with van der Waals surface area (Å²) in [4.78, 5) is 0. The van der Waals surface area contributed by atoms with Crippen molar-refractivity contribution in [1.82, 2.24) is 0 Å². The minimum Gasteiger partial charge on any atom is -0.487 e. The van der Waals surface area contributed by atoms with E-state index in [0.717, 1.165) is 18.4 Å². The highest BCUT2D eigenvalue weighted by molar-refractivity contribution is 6.18. The number of hydrogen-bond acceptors (Lipinski definition) is 1. The van der Waals surface area contributed by atoms with Gasteiger partial charge >= 0.3 is 0 Å². The largest absolute Gasteiger partial charge is 0.487 e. The first-order valence-corrected chi connectivity index (χ1v) is 8.13. The van der Waals surface area contributed by atoms with Crippen LogP contribution in [0, 0.1) is 29.5 Å². The first-order chi connectivity index (χ1) is 10.1. The lowest BCUT2D eigenvalue weighted by molar-refractivity contribution is 0.0970. The Morgan fingerprint density at radius 1 is 1.24 bits per heavy atom. The fraction of sp³-hybridized carbons (Fsp3) is 0.556. The summed E-state index contributed by atoms with van der Waals surface area (Å²) in [6.07, 6.45) is 3.95. The molecule has 1 aliphatic carbocycles. The van der Waals surface area contributed by atoms with E-state index in [4.69, 9.17) is 16.3 Å². The minimum absolute atomic E-state index is 0.101. The van der Waals surface area contributed by atoms with Gasteiger partial charge in [0.05, 0.1) is 6.10 Å². The van der Waals surface area contributed by atoms with Crippen molar-refractivity contribution < 1.29 is 9.13 Å². The van der Waals surface area contributed by atoms with E-state index < -0.39 is 0 Å². The lowest BCUT2D eigenvalue weighted by atomic mass is 9.82. The molecule has 1 aliphatic rings. The number of alkyl halides is 1. The highest BCUT2D eigenvalue weighted by Crippen LogP contribution is 2.32. The van der Waals surface area contributed by atoms with E-state index in [0.29, 0.717) is 29.9 Å². The topological polar surface area (TPSA) is 9.23 Å². The van der Waals surface area contributed by atoms with Crippen molar-refractivity contribution in [2.75, 3.05) is 5.88 Å². The zero-order chi connectivity index (χ0) is 15.2. The van der Waals surface area contributed by atoms with Crippen LogP contribution in [0.3, 0.4) is 0 Å². The van der Waals surface area contributed by atoms with E-state index in [1.165, 1.54) is 12.5 Å². The molecule has 2 atom stereocenters. The van der Waals surface area contributed by atoms with Crippen LogP contribution in [-0.4, -0.2) is 12.0 Å². The summed E-state index contributed by atoms with van der Waals surface area (Å²) in [5.41, 5.74) is 0.772. The Bertz CT molecular complexity index is 522. The molecule has 1 aromatic rings. The van der Waals surface area contributed by atoms with Crippen LogP contribution < -0.4 is 4.74 Å². The van der Waals surface area contributed by atoms with E-state index in [-0.39, 0.29) is 11.9 Å². The maximum absolute atomic E-state index is 13.9. The molecule has 114 valence electrons. The maximum atomic E-state index is 13.9. The first-order valence-electron chi connectivity index (χ1n) is 7.59. The summed E-state index contributed by atoms with van der Waals surface area (Å²) >= 11 is 5.59. The van der Waals surface area contributed by atoms with Crippen LogP contribution in [0.1, 0.15) is 45.1 Å². The van der Waals surface area contributed by atoms with Gasteiger partial charge in [0.15, 0.2) is 11.6 Å². The van der Waals surface area contributed by atoms with Crippen LogP contribution in [0.15, 0.2) is 18.2 Å². The maximum Gasteiger partial charge on any atom is 0.165 e. The van der Waals surface area contributed by atoms with Crippen LogP contribution in [0.25, 0.3) is 0 Å². The SMILES string of the molecule is CC1CC(C)CC(Oc2cc(C#CCCCl)ccc2F)C1. The smallest absolute Gasteiger partial charge is 0.165 e. The lowest BCUT2D eigenvalue weighted by Gasteiger charge is -2.31. The van der Waals surface area contributed by atoms with Gasteiger partial charge in [-0.2, -0.15) is 0 Å². The second kappa shape index (κ2) is 7.71. The molecule has 3 heteroatoms. The molecule has 0 heterocycles. The predicted molar refractivity (Wildman–Crippen MR) is 85.2 cm³/mol. The highest BCUT2D eigenvalue weighted by atomic mass is 35.5. The quantitative estimate of drug-likeness (QED) is 0.563. The molecule has 21 heavy (non-hydrogen) atoms. The molecule has 0 aliphatic heterocycles. The van der Waals surface area contributed by atoms with Gasteiger partial charge in [0.1, 0.15) is 0 Å². The zero-order valence-electron chi connectivity index (χ0n) is 12.7. The van der Waals surface area contributed by atoms with Crippen LogP contribution in [0.5, 0.6) is 5.75 Å². The molecule has 1 nitrogen and oxygen atoms in total. The molecule has 0 saturated heterocycles. The van der Waals surface area contributed by atoms with Gasteiger partial charge in [-0.15, -0.1) is 11.6 Å². The Morgan fingerprint density at radius 3 is 2.62 bits per heavy atom. The monoisotopic (exact) mass is 308 g/mol. The molecule has 1 saturated carbocycles. The molecule has 0 spiro atoms. The van der Waals surface area contributed by atoms with Gasteiger partial charge in [-0.25, -0.2) is 4.39 Å². The zero-order valence-corrected chi connectivity index (χ0v) is 13.4. The first kappa shape index (κ1) is 16.2. The molecule has 1 fully saturated rings. The number of rotatable bonds is 3. The fourth-order valence-electron chi connectivity index (χ4n) is 3.03. The van der Waals surface area contributed by atoms with Gasteiger partial charge in [0, 0.05) is 17.9 Å². The van der Waals surface area contributed by atoms with E-state index in [1.54, 1.807) is 12.1 Å². The number of ether oxygens (including phenoxy) is 1. The third-order valence-electron chi connectivity index (χ3n) is 3.81. The summed E-state index contributed by atoms with van der Waals surface area (Å²) in [5, 5.41) is 0. The van der Waals surface area contributed by atoms with Crippen molar-refractivity contribution in [3.8, 4) is 17.6 Å². The number of benzene rings is 1. The van der Waals surface area contributed by atoms with Crippen molar-refractivity contribution in [2.24, 2.45) is 11.8 Å². The molecule has 0 bridgehead atoms. The van der Waals surface area contributed by atoms with Gasteiger partial charge in [-0.3, -0.25) is 0 Å². The van der Waals surface area contributed by atoms with Gasteiger partial charge in [0.25, 0.3) is 0 Å². The Hall–Kier alpha value is -1.20. The molecule has 2 rings (SSSR count). The third kappa shape index (κ3) is 4.93. The van der Waals surface area contributed by atoms with E-state index in [9.17, 15) is 4.39 Å². The Kier molecular flexibility index (Phi) is 5.94. The molecule has 0 amide bonds. The second-order valence-electron chi connectivity index (χ2n) is 6.04. The minimum atomic E-state index is -0.316. The molecular formula is C18H22ClFO. The molecule has 2 unspecified atom stereocenters. The van der Waals surface area contributed by atoms with Gasteiger partial charge < -0.3 is 4.74 Å². The number of hydrogen-bond donors (Lipinski definition) is 0. The van der Waals surface area contributed by atoms with Crippen LogP contribution in [0.4, 0.5) is 4.39 Å². The second-order valence-corrected chi connectivity index (χ2v) is 6.42. The van der Waals surface area contributed by atoms with Crippen LogP contribution in [-0.2, 0) is 0 Å². The summed E-state index contributed by atoms with van der Waals surface area (Å²) < 4.78 is 19.8. The van der Waals surface area contributed by atoms with Crippen LogP contribution >= 0.6 is 11.6 Å². The standard InChI is InChI=1S/C18H22ClFO/c1-13-9-14(2)11-16(10-13)21-18-12-15(5-3-4-8-19)6-7-17(18)20/h6-7,12-14,16H,4,8-11H2,1-2H3. The highest BCUT2D eigenvalue weighted by Gasteiger charge is 2.25. The molecule has 0 radical (unpaired) electrons. The lowest BCUT2D eigenvalue weighted by Crippen LogP contribution is -2.28. The van der Waals surface area contributed by atoms with E-state index >= 15 is 0 Å². The fourth-order valence-corrected chi connectivity index (χ4v) is 3.13. The summed E-state index contributed by atoms with van der Waals surface area (Å²) in [5.74, 6) is 7.72. The summed E-state index contributed by atoms with van der Waals surface area (Å²) in [6.45, 7) is 4.47. The van der Waals surface area contributed by atoms with Gasteiger partial charge in [-0.05, 0) is 49.3 Å². The average molecular weight is 309 g/mol. The third-order valence-corrected chi connectivity index (χ3v) is 4.00. The Balaban J connectivity index is 2.08. The van der Waals surface area contributed by atoms with E-state index in [1.807, 2.05) is 0 Å². The van der Waals surface area contributed by atoms with Gasteiger partial charge in [0.2, 0.25) is 0 Å². The molecule has 1 aromatic carbocycles. The Morgan fingerprint density at radius 2 is 1.95 bits per heavy atom. The van der Waals surface area contributed by atoms with Crippen LogP contribution in [0.2, 0.25) is 0 Å². The van der Waals surface area contributed by atoms with Gasteiger partial charge in [-0.1, -0.05) is 25.7 Å². The van der Waals surface area contributed by atoms with Crippen molar-refractivity contribution in [2.45, 2.75) is 45.6 Å². The summed E-state index contributed by atoms with van der Waals surface area (Å²) in [7, 11) is 0. The van der Waals surface area contributed by atoms with Crippen molar-refractivity contribution >= 4 is 11.6 Å². The normalized spacial score (nSPS) is 25.0. The molecule has 0 N–H and O–H groups in total. The number of halogens is 2. The average Bonchev–Trinajstić information content (AvgIpc) is 2.41. The van der Waals surface area contributed by atoms with Crippen molar-refractivity contribution in [3.05, 3.63) is 29.6 Å². The predicted octanol–water partition coefficient (Wildman–Crippen LogP) is 5.01. The molecular weight excluding hydrogens is 287 g/mol. The molecule has 0 aromatic heterocycles. The van der Waals surface area contributed by atoms with Crippen molar-refractivity contribution in [3.63, 3.8) is 0 Å². The Labute approximate surface area is 131 Å². The van der Waals surface area contributed by atoms with E-state index in [2.05, 4.69) is 25.7 Å². The van der Waals surface area contributed by atoms with Crippen molar-refractivity contribution in [1.29, 1.82) is 0 Å².